The fraction of sp³-hybridized carbons (Fsp3) is 0.300. The van der Waals surface area contributed by atoms with E-state index < -0.39 is 17.2 Å². The maximum atomic E-state index is 13.3. The molecule has 1 unspecified atom stereocenters. The Morgan fingerprint density at radius 3 is 2.30 bits per heavy atom. The maximum Gasteiger partial charge on any atom is 0.259 e. The molecule has 1 saturated heterocycles. The van der Waals surface area contributed by atoms with Crippen molar-refractivity contribution in [3.05, 3.63) is 82.4 Å². The lowest BCUT2D eigenvalue weighted by molar-refractivity contribution is -0.128. The summed E-state index contributed by atoms with van der Waals surface area (Å²) in [4.78, 5) is 38.7. The second-order valence-corrected chi connectivity index (χ2v) is 11.0. The van der Waals surface area contributed by atoms with Gasteiger partial charge in [0.25, 0.3) is 11.8 Å². The molecule has 4 rings (SSSR count). The van der Waals surface area contributed by atoms with E-state index in [4.69, 9.17) is 28.9 Å². The number of benzene rings is 3. The van der Waals surface area contributed by atoms with Crippen LogP contribution < -0.4 is 26.2 Å². The van der Waals surface area contributed by atoms with E-state index in [0.717, 1.165) is 5.56 Å². The largest absolute Gasteiger partial charge is 0.487 e. The van der Waals surface area contributed by atoms with Gasteiger partial charge in [-0.15, -0.1) is 0 Å². The Bertz CT molecular complexity index is 1400. The third kappa shape index (κ3) is 7.64. The van der Waals surface area contributed by atoms with Crippen molar-refractivity contribution in [2.45, 2.75) is 39.8 Å². The van der Waals surface area contributed by atoms with Crippen LogP contribution >= 0.6 is 11.6 Å². The molecule has 8 nitrogen and oxygen atoms in total. The number of ether oxygens (including phenoxy) is 2. The third-order valence-electron chi connectivity index (χ3n) is 6.24. The molecule has 1 fully saturated rings. The first-order chi connectivity index (χ1) is 19.0. The SMILES string of the molecule is [B]c1ccc(NC(=O)c2cc(NC(=O)c3cc(CNC(=O)C(C)(C)C)ccc3Cl)ccc2OC2CCOC2)cc1. The Morgan fingerprint density at radius 2 is 1.62 bits per heavy atom. The van der Waals surface area contributed by atoms with E-state index in [9.17, 15) is 14.4 Å². The molecule has 0 aliphatic carbocycles. The van der Waals surface area contributed by atoms with Gasteiger partial charge in [0.05, 0.1) is 29.4 Å². The van der Waals surface area contributed by atoms with Gasteiger partial charge in [-0.2, -0.15) is 0 Å². The van der Waals surface area contributed by atoms with Gasteiger partial charge in [0, 0.05) is 29.8 Å². The van der Waals surface area contributed by atoms with E-state index in [-0.39, 0.29) is 34.7 Å². The van der Waals surface area contributed by atoms with E-state index in [2.05, 4.69) is 16.0 Å². The minimum Gasteiger partial charge on any atom is -0.487 e. The molecule has 40 heavy (non-hydrogen) atoms. The average Bonchev–Trinajstić information content (AvgIpc) is 3.42. The second-order valence-electron chi connectivity index (χ2n) is 10.6. The van der Waals surface area contributed by atoms with Crippen LogP contribution in [0.25, 0.3) is 0 Å². The predicted molar refractivity (Wildman–Crippen MR) is 157 cm³/mol. The lowest BCUT2D eigenvalue weighted by Gasteiger charge is -2.18. The quantitative estimate of drug-likeness (QED) is 0.353. The first-order valence-electron chi connectivity index (χ1n) is 12.9. The van der Waals surface area contributed by atoms with E-state index in [1.165, 1.54) is 0 Å². The van der Waals surface area contributed by atoms with E-state index >= 15 is 0 Å². The molecule has 3 N–H and O–H groups in total. The highest BCUT2D eigenvalue weighted by molar-refractivity contribution is 6.34. The summed E-state index contributed by atoms with van der Waals surface area (Å²) in [7, 11) is 5.75. The lowest BCUT2D eigenvalue weighted by Crippen LogP contribution is -2.34. The molecule has 206 valence electrons. The van der Waals surface area contributed by atoms with Crippen molar-refractivity contribution in [1.29, 1.82) is 0 Å². The molecular formula is C30H31BClN3O5. The van der Waals surface area contributed by atoms with Crippen LogP contribution in [0, 0.1) is 5.41 Å². The zero-order chi connectivity index (χ0) is 28.9. The second kappa shape index (κ2) is 12.6. The summed E-state index contributed by atoms with van der Waals surface area (Å²) in [5, 5.41) is 8.77. The smallest absolute Gasteiger partial charge is 0.259 e. The Labute approximate surface area is 240 Å². The van der Waals surface area contributed by atoms with E-state index in [0.29, 0.717) is 42.2 Å². The highest BCUT2D eigenvalue weighted by Gasteiger charge is 2.23. The van der Waals surface area contributed by atoms with Gasteiger partial charge >= 0.3 is 0 Å². The summed E-state index contributed by atoms with van der Waals surface area (Å²) < 4.78 is 11.5. The molecule has 3 amide bonds. The molecular weight excluding hydrogens is 529 g/mol. The monoisotopic (exact) mass is 559 g/mol. The van der Waals surface area contributed by atoms with Crippen LogP contribution in [-0.2, 0) is 16.1 Å². The zero-order valence-electron chi connectivity index (χ0n) is 22.7. The molecule has 3 aromatic rings. The zero-order valence-corrected chi connectivity index (χ0v) is 23.4. The average molecular weight is 560 g/mol. The molecule has 0 saturated carbocycles. The van der Waals surface area contributed by atoms with Crippen molar-refractivity contribution in [2.24, 2.45) is 5.41 Å². The minimum atomic E-state index is -0.537. The minimum absolute atomic E-state index is 0.107. The first-order valence-corrected chi connectivity index (χ1v) is 13.3. The van der Waals surface area contributed by atoms with Crippen LogP contribution in [0.3, 0.4) is 0 Å². The molecule has 3 aromatic carbocycles. The maximum absolute atomic E-state index is 13.3. The summed E-state index contributed by atoms with van der Waals surface area (Å²) in [5.74, 6) is -0.609. The summed E-state index contributed by atoms with van der Waals surface area (Å²) >= 11 is 6.34. The van der Waals surface area contributed by atoms with Crippen molar-refractivity contribution in [3.8, 4) is 5.75 Å². The topological polar surface area (TPSA) is 106 Å². The lowest BCUT2D eigenvalue weighted by atomic mass is 9.95. The molecule has 1 heterocycles. The fourth-order valence-electron chi connectivity index (χ4n) is 3.94. The molecule has 0 aromatic heterocycles. The van der Waals surface area contributed by atoms with Gasteiger partial charge in [0.1, 0.15) is 19.7 Å². The number of hydrogen-bond acceptors (Lipinski definition) is 5. The van der Waals surface area contributed by atoms with Gasteiger partial charge < -0.3 is 25.4 Å². The van der Waals surface area contributed by atoms with Crippen LogP contribution in [-0.4, -0.2) is 44.9 Å². The van der Waals surface area contributed by atoms with Crippen LogP contribution in [0.15, 0.2) is 60.7 Å². The van der Waals surface area contributed by atoms with Gasteiger partial charge in [-0.1, -0.05) is 56.0 Å². The Morgan fingerprint density at radius 1 is 0.950 bits per heavy atom. The van der Waals surface area contributed by atoms with E-state index in [1.807, 2.05) is 20.8 Å². The number of anilines is 2. The number of carbonyl (C=O) groups is 3. The molecule has 2 radical (unpaired) electrons. The van der Waals surface area contributed by atoms with Crippen molar-refractivity contribution in [2.75, 3.05) is 23.8 Å². The molecule has 10 heteroatoms. The summed E-state index contributed by atoms with van der Waals surface area (Å²) in [6, 6.07) is 16.6. The van der Waals surface area contributed by atoms with Crippen molar-refractivity contribution >= 4 is 54.0 Å². The molecule has 1 atom stereocenters. The van der Waals surface area contributed by atoms with Crippen molar-refractivity contribution in [1.82, 2.24) is 5.32 Å². The van der Waals surface area contributed by atoms with Crippen LogP contribution in [0.4, 0.5) is 11.4 Å². The predicted octanol–water partition coefficient (Wildman–Crippen LogP) is 4.47. The van der Waals surface area contributed by atoms with Crippen LogP contribution in [0.2, 0.25) is 5.02 Å². The Hall–Kier alpha value is -3.82. The van der Waals surface area contributed by atoms with Gasteiger partial charge in [0.2, 0.25) is 5.91 Å². The number of rotatable bonds is 8. The van der Waals surface area contributed by atoms with Crippen molar-refractivity contribution < 1.29 is 23.9 Å². The van der Waals surface area contributed by atoms with Gasteiger partial charge in [-0.3, -0.25) is 14.4 Å². The van der Waals surface area contributed by atoms with E-state index in [1.54, 1.807) is 60.7 Å². The molecule has 1 aliphatic heterocycles. The number of amides is 3. The standard InChI is InChI=1S/C30H31BClN3O5/c1-30(2,3)29(38)33-16-18-4-10-25(32)23(14-18)27(36)35-21-9-11-26(40-22-12-13-39-17-22)24(15-21)28(37)34-20-7-5-19(31)6-8-20/h4-11,14-15,22H,12-13,16-17H2,1-3H3,(H,33,38)(H,34,37)(H,35,36). The van der Waals surface area contributed by atoms with Gasteiger partial charge in [-0.25, -0.2) is 0 Å². The Kier molecular flexibility index (Phi) is 9.17. The highest BCUT2D eigenvalue weighted by Crippen LogP contribution is 2.28. The summed E-state index contributed by atoms with van der Waals surface area (Å²) in [6.45, 7) is 6.75. The van der Waals surface area contributed by atoms with Gasteiger partial charge in [-0.05, 0) is 48.0 Å². The number of carbonyl (C=O) groups excluding carboxylic acids is 3. The number of nitrogens with one attached hydrogen (secondary N) is 3. The number of halogens is 1. The van der Waals surface area contributed by atoms with Gasteiger partial charge in [0.15, 0.2) is 0 Å². The van der Waals surface area contributed by atoms with Crippen molar-refractivity contribution in [3.63, 3.8) is 0 Å². The van der Waals surface area contributed by atoms with Crippen LogP contribution in [0.1, 0.15) is 53.5 Å². The summed E-state index contributed by atoms with van der Waals surface area (Å²) in [6.07, 6.45) is 0.534. The normalized spacial score (nSPS) is 14.8. The highest BCUT2D eigenvalue weighted by atomic mass is 35.5. The Balaban J connectivity index is 1.54. The first kappa shape index (κ1) is 29.2. The summed E-state index contributed by atoms with van der Waals surface area (Å²) in [5.41, 5.74) is 2.18. The molecule has 1 aliphatic rings. The number of hydrogen-bond donors (Lipinski definition) is 3. The molecule has 0 bridgehead atoms. The van der Waals surface area contributed by atoms with Crippen LogP contribution in [0.5, 0.6) is 5.75 Å². The fourth-order valence-corrected chi connectivity index (χ4v) is 4.14. The molecule has 0 spiro atoms. The third-order valence-corrected chi connectivity index (χ3v) is 6.57.